The second-order valence-electron chi connectivity index (χ2n) is 6.79. The third kappa shape index (κ3) is 6.62. The van der Waals surface area contributed by atoms with Crippen LogP contribution in [-0.2, 0) is 16.1 Å². The number of carbonyl (C=O) groups excluding carboxylic acids is 2. The monoisotopic (exact) mass is 514 g/mol. The molecule has 0 spiro atoms. The van der Waals surface area contributed by atoms with Crippen LogP contribution in [0.4, 0.5) is 0 Å². The lowest BCUT2D eigenvalue weighted by molar-refractivity contribution is -0.142. The molecule has 0 aromatic heterocycles. The van der Waals surface area contributed by atoms with Crippen molar-refractivity contribution >= 4 is 50.9 Å². The fraction of sp³-hybridized carbons (Fsp3) is 0.364. The molecule has 0 aliphatic carbocycles. The van der Waals surface area contributed by atoms with Gasteiger partial charge >= 0.3 is 0 Å². The van der Waals surface area contributed by atoms with Crippen LogP contribution in [0.1, 0.15) is 31.4 Å². The van der Waals surface area contributed by atoms with Crippen LogP contribution >= 0.6 is 39.1 Å². The maximum absolute atomic E-state index is 13.1. The third-order valence-electron chi connectivity index (χ3n) is 4.57. The van der Waals surface area contributed by atoms with Gasteiger partial charge in [0.25, 0.3) is 5.91 Å². The number of carbonyl (C=O) groups is 2. The summed E-state index contributed by atoms with van der Waals surface area (Å²) in [6, 6.07) is 10.0. The third-order valence-corrected chi connectivity index (χ3v) is 6.19. The van der Waals surface area contributed by atoms with Gasteiger partial charge in [0, 0.05) is 17.6 Å². The van der Waals surface area contributed by atoms with E-state index in [2.05, 4.69) is 21.2 Å². The second-order valence-corrected chi connectivity index (χ2v) is 8.46. The Labute approximate surface area is 195 Å². The Morgan fingerprint density at radius 2 is 1.87 bits per heavy atom. The minimum atomic E-state index is -0.623. The van der Waals surface area contributed by atoms with Crippen molar-refractivity contribution in [3.8, 4) is 5.75 Å². The molecule has 0 radical (unpaired) electrons. The fourth-order valence-corrected chi connectivity index (χ4v) is 3.55. The van der Waals surface area contributed by atoms with Gasteiger partial charge < -0.3 is 15.0 Å². The van der Waals surface area contributed by atoms with Crippen molar-refractivity contribution in [1.82, 2.24) is 10.2 Å². The molecular formula is C22H25BrCl2N2O3. The van der Waals surface area contributed by atoms with Crippen LogP contribution in [0.5, 0.6) is 5.75 Å². The van der Waals surface area contributed by atoms with Crippen molar-refractivity contribution in [1.29, 1.82) is 0 Å². The molecule has 1 N–H and O–H groups in total. The molecule has 0 saturated carbocycles. The quantitative estimate of drug-likeness (QED) is 0.487. The van der Waals surface area contributed by atoms with Gasteiger partial charge in [-0.2, -0.15) is 0 Å². The normalized spacial score (nSPS) is 11.7. The van der Waals surface area contributed by atoms with E-state index in [4.69, 9.17) is 27.9 Å². The van der Waals surface area contributed by atoms with E-state index in [0.29, 0.717) is 28.8 Å². The molecule has 2 aromatic rings. The molecule has 2 aromatic carbocycles. The predicted octanol–water partition coefficient (Wildman–Crippen LogP) is 5.39. The van der Waals surface area contributed by atoms with E-state index >= 15 is 0 Å². The SMILES string of the molecule is CCNC(=O)[C@H](CC)N(Cc1ccc(Cl)c(Cl)c1)C(=O)COc1ccc(Br)c(C)c1. The zero-order valence-electron chi connectivity index (χ0n) is 17.2. The number of benzene rings is 2. The lowest BCUT2D eigenvalue weighted by Crippen LogP contribution is -2.50. The molecule has 0 heterocycles. The highest BCUT2D eigenvalue weighted by atomic mass is 79.9. The lowest BCUT2D eigenvalue weighted by atomic mass is 10.1. The first-order valence-corrected chi connectivity index (χ1v) is 11.2. The Kier molecular flexibility index (Phi) is 9.46. The summed E-state index contributed by atoms with van der Waals surface area (Å²) in [6.45, 7) is 6.17. The van der Waals surface area contributed by atoms with Crippen LogP contribution in [-0.4, -0.2) is 35.9 Å². The number of rotatable bonds is 9. The predicted molar refractivity (Wildman–Crippen MR) is 124 cm³/mol. The second kappa shape index (κ2) is 11.6. The van der Waals surface area contributed by atoms with Gasteiger partial charge in [0.05, 0.1) is 10.0 Å². The topological polar surface area (TPSA) is 58.6 Å². The zero-order valence-corrected chi connectivity index (χ0v) is 20.3. The maximum Gasteiger partial charge on any atom is 0.261 e. The molecule has 8 heteroatoms. The number of hydrogen-bond donors (Lipinski definition) is 1. The number of halogens is 3. The minimum absolute atomic E-state index is 0.182. The summed E-state index contributed by atoms with van der Waals surface area (Å²) >= 11 is 15.6. The average molecular weight is 516 g/mol. The largest absolute Gasteiger partial charge is 0.484 e. The van der Waals surface area contributed by atoms with Gasteiger partial charge in [-0.1, -0.05) is 52.1 Å². The standard InChI is InChI=1S/C22H25BrCl2N2O3/c1-4-20(22(29)26-5-2)27(12-15-6-9-18(24)19(25)11-15)21(28)13-30-16-7-8-17(23)14(3)10-16/h6-11,20H,4-5,12-13H2,1-3H3,(H,26,29)/t20-/m0/s1. The van der Waals surface area contributed by atoms with Crippen LogP contribution in [0.15, 0.2) is 40.9 Å². The Morgan fingerprint density at radius 1 is 1.13 bits per heavy atom. The number of ether oxygens (including phenoxy) is 1. The molecule has 2 rings (SSSR count). The van der Waals surface area contributed by atoms with Crippen molar-refractivity contribution in [2.45, 2.75) is 39.8 Å². The molecule has 0 saturated heterocycles. The molecule has 0 fully saturated rings. The lowest BCUT2D eigenvalue weighted by Gasteiger charge is -2.30. The van der Waals surface area contributed by atoms with Gasteiger partial charge in [-0.05, 0) is 61.7 Å². The summed E-state index contributed by atoms with van der Waals surface area (Å²) in [4.78, 5) is 27.2. The Balaban J connectivity index is 2.23. The van der Waals surface area contributed by atoms with E-state index in [9.17, 15) is 9.59 Å². The molecule has 0 aliphatic heterocycles. The van der Waals surface area contributed by atoms with E-state index < -0.39 is 6.04 Å². The minimum Gasteiger partial charge on any atom is -0.484 e. The van der Waals surface area contributed by atoms with Gasteiger partial charge in [-0.3, -0.25) is 9.59 Å². The first-order valence-electron chi connectivity index (χ1n) is 9.66. The Hall–Kier alpha value is -1.76. The van der Waals surface area contributed by atoms with E-state index in [1.54, 1.807) is 24.3 Å². The Bertz CT molecular complexity index is 908. The van der Waals surface area contributed by atoms with Crippen LogP contribution in [0.2, 0.25) is 10.0 Å². The molecule has 30 heavy (non-hydrogen) atoms. The van der Waals surface area contributed by atoms with E-state index in [1.807, 2.05) is 32.9 Å². The number of hydrogen-bond acceptors (Lipinski definition) is 3. The summed E-state index contributed by atoms with van der Waals surface area (Å²) in [5.41, 5.74) is 1.78. The molecule has 0 aliphatic rings. The van der Waals surface area contributed by atoms with Gasteiger partial charge in [0.2, 0.25) is 5.91 Å². The summed E-state index contributed by atoms with van der Waals surface area (Å²) < 4.78 is 6.67. The van der Waals surface area contributed by atoms with Crippen LogP contribution < -0.4 is 10.1 Å². The van der Waals surface area contributed by atoms with E-state index in [1.165, 1.54) is 4.90 Å². The summed E-state index contributed by atoms with van der Waals surface area (Å²) in [6.07, 6.45) is 0.469. The van der Waals surface area contributed by atoms with Gasteiger partial charge in [-0.25, -0.2) is 0 Å². The van der Waals surface area contributed by atoms with Crippen molar-refractivity contribution in [2.75, 3.05) is 13.2 Å². The molecule has 5 nitrogen and oxygen atoms in total. The van der Waals surface area contributed by atoms with Crippen molar-refractivity contribution in [2.24, 2.45) is 0 Å². The van der Waals surface area contributed by atoms with Crippen molar-refractivity contribution in [3.05, 3.63) is 62.0 Å². The molecule has 162 valence electrons. The summed E-state index contributed by atoms with van der Waals surface area (Å²) in [5.74, 6) is 0.0947. The maximum atomic E-state index is 13.1. The van der Waals surface area contributed by atoms with E-state index in [0.717, 1.165) is 15.6 Å². The van der Waals surface area contributed by atoms with Gasteiger partial charge in [-0.15, -0.1) is 0 Å². The van der Waals surface area contributed by atoms with Crippen LogP contribution in [0.3, 0.4) is 0 Å². The molecule has 0 unspecified atom stereocenters. The first kappa shape index (κ1) is 24.5. The van der Waals surface area contributed by atoms with Gasteiger partial charge in [0.15, 0.2) is 6.61 Å². The summed E-state index contributed by atoms with van der Waals surface area (Å²) in [5, 5.41) is 3.63. The number of likely N-dealkylation sites (N-methyl/N-ethyl adjacent to an activating group) is 1. The highest BCUT2D eigenvalue weighted by Crippen LogP contribution is 2.25. The summed E-state index contributed by atoms with van der Waals surface area (Å²) in [7, 11) is 0. The molecule has 2 amide bonds. The number of aryl methyl sites for hydroxylation is 1. The van der Waals surface area contributed by atoms with Crippen LogP contribution in [0, 0.1) is 6.92 Å². The fourth-order valence-electron chi connectivity index (χ4n) is 2.98. The van der Waals surface area contributed by atoms with Crippen molar-refractivity contribution in [3.63, 3.8) is 0 Å². The number of amides is 2. The Morgan fingerprint density at radius 3 is 2.47 bits per heavy atom. The highest BCUT2D eigenvalue weighted by Gasteiger charge is 2.28. The zero-order chi connectivity index (χ0) is 22.3. The van der Waals surface area contributed by atoms with Gasteiger partial charge in [0.1, 0.15) is 11.8 Å². The molecule has 1 atom stereocenters. The average Bonchev–Trinajstić information content (AvgIpc) is 2.71. The highest BCUT2D eigenvalue weighted by molar-refractivity contribution is 9.10. The smallest absolute Gasteiger partial charge is 0.261 e. The number of nitrogens with one attached hydrogen (secondary N) is 1. The van der Waals surface area contributed by atoms with E-state index in [-0.39, 0.29) is 25.0 Å². The first-order chi connectivity index (χ1) is 14.3. The number of nitrogens with zero attached hydrogens (tertiary/aromatic N) is 1. The molecule has 0 bridgehead atoms. The van der Waals surface area contributed by atoms with Crippen LogP contribution in [0.25, 0.3) is 0 Å². The van der Waals surface area contributed by atoms with Crippen molar-refractivity contribution < 1.29 is 14.3 Å². The molecular weight excluding hydrogens is 491 g/mol.